The molecule has 54 heavy (non-hydrogen) atoms. The van der Waals surface area contributed by atoms with E-state index in [1.165, 1.54) is 0 Å². The van der Waals surface area contributed by atoms with Gasteiger partial charge in [-0.3, -0.25) is 33.9 Å². The van der Waals surface area contributed by atoms with E-state index in [2.05, 4.69) is 22.5 Å². The summed E-state index contributed by atoms with van der Waals surface area (Å²) in [5.41, 5.74) is 2.03. The van der Waals surface area contributed by atoms with Gasteiger partial charge in [0, 0.05) is 76.2 Å². The number of para-hydroxylation sites is 2. The van der Waals surface area contributed by atoms with Crippen molar-refractivity contribution in [2.24, 2.45) is 0 Å². The van der Waals surface area contributed by atoms with Crippen molar-refractivity contribution in [2.45, 2.75) is 6.92 Å². The molecule has 1 saturated heterocycles. The number of nitrogens with zero attached hydrogens (tertiary/aromatic N) is 5. The van der Waals surface area contributed by atoms with Gasteiger partial charge in [-0.1, -0.05) is 37.3 Å². The van der Waals surface area contributed by atoms with E-state index in [1.54, 1.807) is 11.0 Å². The third kappa shape index (κ3) is 15.2. The average Bonchev–Trinajstić information content (AvgIpc) is 3.15. The number of hydrogen-bond donors (Lipinski definition) is 4. The van der Waals surface area contributed by atoms with Crippen LogP contribution < -0.4 is 10.6 Å². The van der Waals surface area contributed by atoms with Gasteiger partial charge in [-0.05, 0) is 24.7 Å². The SMILES string of the molecule is CCN1CCN(CC(=O)O)CCN(CC(=O)O)CCN(CC(=O)NCCOCCOCCOCCNC(=O)c2cccc3cc4ccccc4nc23)CC1. The third-order valence-electron chi connectivity index (χ3n) is 9.10. The molecule has 0 saturated carbocycles. The van der Waals surface area contributed by atoms with Crippen molar-refractivity contribution in [1.29, 1.82) is 0 Å². The van der Waals surface area contributed by atoms with Crippen LogP contribution in [0.15, 0.2) is 48.5 Å². The third-order valence-corrected chi connectivity index (χ3v) is 9.10. The number of carbonyl (C=O) groups is 4. The molecule has 1 aliphatic rings. The molecule has 0 spiro atoms. The number of hydrogen-bond acceptors (Lipinski definition) is 12. The van der Waals surface area contributed by atoms with Gasteiger partial charge in [0.15, 0.2) is 0 Å². The van der Waals surface area contributed by atoms with Crippen molar-refractivity contribution in [1.82, 2.24) is 35.2 Å². The van der Waals surface area contributed by atoms with Gasteiger partial charge in [0.2, 0.25) is 5.91 Å². The normalized spacial score (nSPS) is 15.8. The van der Waals surface area contributed by atoms with Crippen LogP contribution in [0.4, 0.5) is 0 Å². The number of aromatic nitrogens is 1. The lowest BCUT2D eigenvalue weighted by atomic mass is 10.1. The Morgan fingerprint density at radius 1 is 0.630 bits per heavy atom. The van der Waals surface area contributed by atoms with Crippen molar-refractivity contribution < 1.29 is 43.6 Å². The minimum atomic E-state index is -0.949. The van der Waals surface area contributed by atoms with Crippen LogP contribution in [0.25, 0.3) is 21.8 Å². The van der Waals surface area contributed by atoms with Crippen molar-refractivity contribution >= 4 is 45.6 Å². The van der Waals surface area contributed by atoms with Crippen LogP contribution in [0.1, 0.15) is 17.3 Å². The van der Waals surface area contributed by atoms with E-state index < -0.39 is 11.9 Å². The second-order valence-electron chi connectivity index (χ2n) is 13.1. The lowest BCUT2D eigenvalue weighted by molar-refractivity contribution is -0.140. The van der Waals surface area contributed by atoms with Crippen molar-refractivity contribution in [3.05, 3.63) is 54.1 Å². The highest BCUT2D eigenvalue weighted by Gasteiger charge is 2.20. The zero-order valence-corrected chi connectivity index (χ0v) is 31.2. The minimum Gasteiger partial charge on any atom is -0.480 e. The van der Waals surface area contributed by atoms with Crippen LogP contribution in [-0.4, -0.2) is 190 Å². The number of carbonyl (C=O) groups excluding carboxylic acids is 2. The summed E-state index contributed by atoms with van der Waals surface area (Å²) in [6.45, 7) is 10.0. The topological polar surface area (TPSA) is 186 Å². The fourth-order valence-electron chi connectivity index (χ4n) is 6.13. The zero-order valence-electron chi connectivity index (χ0n) is 31.2. The van der Waals surface area contributed by atoms with Crippen molar-refractivity contribution in [3.63, 3.8) is 0 Å². The van der Waals surface area contributed by atoms with Gasteiger partial charge >= 0.3 is 11.9 Å². The van der Waals surface area contributed by atoms with Gasteiger partial charge < -0.3 is 40.0 Å². The number of rotatable bonds is 20. The van der Waals surface area contributed by atoms with E-state index in [-0.39, 0.29) is 31.4 Å². The first-order chi connectivity index (χ1) is 26.2. The second-order valence-corrected chi connectivity index (χ2v) is 13.1. The molecule has 1 aliphatic heterocycles. The Morgan fingerprint density at radius 2 is 1.13 bits per heavy atom. The highest BCUT2D eigenvalue weighted by atomic mass is 16.5. The molecule has 3 aromatic rings. The molecule has 0 aliphatic carbocycles. The second kappa shape index (κ2) is 23.5. The van der Waals surface area contributed by atoms with Crippen LogP contribution >= 0.6 is 0 Å². The molecule has 4 N–H and O–H groups in total. The average molecular weight is 754 g/mol. The summed E-state index contributed by atoms with van der Waals surface area (Å²) in [7, 11) is 0. The van der Waals surface area contributed by atoms with Gasteiger partial charge in [-0.2, -0.15) is 0 Å². The number of nitrogens with one attached hydrogen (secondary N) is 2. The monoisotopic (exact) mass is 753 g/mol. The van der Waals surface area contributed by atoms with Gasteiger partial charge in [0.05, 0.1) is 75.9 Å². The first-order valence-electron chi connectivity index (χ1n) is 18.6. The van der Waals surface area contributed by atoms with E-state index >= 15 is 0 Å². The van der Waals surface area contributed by atoms with Gasteiger partial charge in [0.1, 0.15) is 0 Å². The van der Waals surface area contributed by atoms with Crippen molar-refractivity contribution in [3.8, 4) is 0 Å². The molecule has 0 unspecified atom stereocenters. The van der Waals surface area contributed by atoms with Gasteiger partial charge in [-0.15, -0.1) is 0 Å². The van der Waals surface area contributed by atoms with Gasteiger partial charge in [0.25, 0.3) is 5.91 Å². The molecule has 4 rings (SSSR count). The summed E-state index contributed by atoms with van der Waals surface area (Å²) in [6, 6.07) is 15.4. The summed E-state index contributed by atoms with van der Waals surface area (Å²) in [5, 5.41) is 26.4. The lowest BCUT2D eigenvalue weighted by Crippen LogP contribution is -2.49. The molecular formula is C38H55N7O9. The Morgan fingerprint density at radius 3 is 1.70 bits per heavy atom. The maximum Gasteiger partial charge on any atom is 0.317 e. The Kier molecular flexibility index (Phi) is 18.5. The quantitative estimate of drug-likeness (QED) is 0.0933. The summed E-state index contributed by atoms with van der Waals surface area (Å²) in [6.07, 6.45) is 0. The number of carboxylic acids is 2. The molecule has 16 nitrogen and oxygen atoms in total. The molecule has 2 aromatic carbocycles. The molecule has 296 valence electrons. The van der Waals surface area contributed by atoms with Crippen LogP contribution in [0.3, 0.4) is 0 Å². The molecular weight excluding hydrogens is 698 g/mol. The summed E-state index contributed by atoms with van der Waals surface area (Å²) >= 11 is 0. The Labute approximate surface area is 316 Å². The van der Waals surface area contributed by atoms with E-state index in [1.807, 2.05) is 52.3 Å². The highest BCUT2D eigenvalue weighted by Crippen LogP contribution is 2.22. The van der Waals surface area contributed by atoms with E-state index in [4.69, 9.17) is 19.2 Å². The summed E-state index contributed by atoms with van der Waals surface area (Å²) < 4.78 is 16.7. The molecule has 0 atom stereocenters. The van der Waals surface area contributed by atoms with E-state index in [0.717, 1.165) is 22.8 Å². The number of amides is 2. The van der Waals surface area contributed by atoms with E-state index in [9.17, 15) is 29.4 Å². The minimum absolute atomic E-state index is 0.0921. The maximum absolute atomic E-state index is 12.9. The largest absolute Gasteiger partial charge is 0.480 e. The fourth-order valence-corrected chi connectivity index (χ4v) is 6.13. The molecule has 0 bridgehead atoms. The number of pyridine rings is 1. The molecule has 1 fully saturated rings. The maximum atomic E-state index is 12.9. The number of benzene rings is 2. The zero-order chi connectivity index (χ0) is 38.5. The molecule has 16 heteroatoms. The fraction of sp³-hybridized carbons (Fsp3) is 0.553. The number of ether oxygens (including phenoxy) is 3. The van der Waals surface area contributed by atoms with Crippen molar-refractivity contribution in [2.75, 3.05) is 131 Å². The van der Waals surface area contributed by atoms with E-state index in [0.29, 0.717) is 116 Å². The number of carboxylic acid groups (broad SMARTS) is 2. The first-order valence-corrected chi connectivity index (χ1v) is 18.6. The Hall–Kier alpha value is -4.29. The highest BCUT2D eigenvalue weighted by molar-refractivity contribution is 6.07. The van der Waals surface area contributed by atoms with Crippen LogP contribution in [0, 0.1) is 0 Å². The number of aliphatic carboxylic acids is 2. The predicted molar refractivity (Wildman–Crippen MR) is 204 cm³/mol. The van der Waals surface area contributed by atoms with Crippen LogP contribution in [-0.2, 0) is 28.6 Å². The van der Waals surface area contributed by atoms with Crippen LogP contribution in [0.5, 0.6) is 0 Å². The Balaban J connectivity index is 1.05. The summed E-state index contributed by atoms with van der Waals surface area (Å²) in [4.78, 5) is 61.0. The standard InChI is InChI=1S/C38H55N7O9/c1-2-42-12-14-43(16-17-45(29-36(49)50)19-18-44(15-13-42)28-35(47)48)27-34(46)39-10-20-52-22-24-54-25-23-53-21-11-40-38(51)32-8-5-7-31-26-30-6-3-4-9-33(30)41-37(31)32/h3-9,26H,2,10-25,27-29H2,1H3,(H,39,46)(H,40,51)(H,47,48)(H,49,50). The van der Waals surface area contributed by atoms with Gasteiger partial charge in [-0.25, -0.2) is 4.98 Å². The number of likely N-dealkylation sites (N-methyl/N-ethyl adjacent to an activating group) is 1. The predicted octanol–water partition coefficient (Wildman–Crippen LogP) is 0.695. The molecule has 2 amide bonds. The molecule has 2 heterocycles. The number of fused-ring (bicyclic) bond motifs is 2. The smallest absolute Gasteiger partial charge is 0.317 e. The molecule has 1 aromatic heterocycles. The first kappa shape index (κ1) is 42.5. The van der Waals surface area contributed by atoms with Crippen LogP contribution in [0.2, 0.25) is 0 Å². The lowest BCUT2D eigenvalue weighted by Gasteiger charge is -2.33. The molecule has 0 radical (unpaired) electrons. The Bertz CT molecular complexity index is 1650. The summed E-state index contributed by atoms with van der Waals surface area (Å²) in [5.74, 6) is -2.20.